The Morgan fingerprint density at radius 2 is 1.59 bits per heavy atom. The highest BCUT2D eigenvalue weighted by molar-refractivity contribution is 6.18. The Bertz CT molecular complexity index is 838. The Morgan fingerprint density at radius 1 is 0.852 bits per heavy atom. The number of hydrogen-bond donors (Lipinski definition) is 0. The third-order valence-electron chi connectivity index (χ3n) is 4.44. The van der Waals surface area contributed by atoms with Gasteiger partial charge < -0.3 is 9.64 Å². The molecule has 0 unspecified atom stereocenters. The molecule has 0 aliphatic rings. The molecule has 3 rings (SSSR count). The largest absolute Gasteiger partial charge is 0.491 e. The van der Waals surface area contributed by atoms with Crippen LogP contribution in [0.3, 0.4) is 0 Å². The highest BCUT2D eigenvalue weighted by atomic mass is 35.5. The van der Waals surface area contributed by atoms with Crippen LogP contribution in [0.1, 0.15) is 12.8 Å². The lowest BCUT2D eigenvalue weighted by molar-refractivity contribution is 0.269. The Hall–Kier alpha value is -1.26. The number of ether oxygens (including phenoxy) is 1. The molecule has 0 aliphatic carbocycles. The second-order valence-corrected chi connectivity index (χ2v) is 7.04. The molecule has 0 amide bonds. The van der Waals surface area contributed by atoms with Crippen molar-refractivity contribution in [2.45, 2.75) is 12.8 Å². The van der Waals surface area contributed by atoms with Crippen LogP contribution in [0.2, 0.25) is 0 Å². The van der Waals surface area contributed by atoms with Gasteiger partial charge in [-0.2, -0.15) is 0 Å². The van der Waals surface area contributed by atoms with Crippen LogP contribution in [0.25, 0.3) is 21.8 Å². The van der Waals surface area contributed by atoms with Crippen LogP contribution in [0.5, 0.6) is 5.75 Å². The van der Waals surface area contributed by atoms with Gasteiger partial charge in [0, 0.05) is 35.6 Å². The van der Waals surface area contributed by atoms with Gasteiger partial charge in [0.15, 0.2) is 0 Å². The number of alkyl halides is 2. The minimum atomic E-state index is 0. The number of fused-ring (bicyclic) bond motifs is 2. The lowest BCUT2D eigenvalue weighted by Crippen LogP contribution is -2.29. The maximum atomic E-state index is 6.04. The molecule has 2 aromatic carbocycles. The maximum Gasteiger partial charge on any atom is 0.145 e. The third-order valence-corrected chi connectivity index (χ3v) is 4.78. The molecule has 6 heteroatoms. The zero-order chi connectivity index (χ0) is 18.2. The van der Waals surface area contributed by atoms with Gasteiger partial charge in [0.2, 0.25) is 0 Å². The monoisotopic (exact) mass is 426 g/mol. The van der Waals surface area contributed by atoms with Crippen molar-refractivity contribution in [2.24, 2.45) is 0 Å². The number of halogens is 3. The van der Waals surface area contributed by atoms with Crippen molar-refractivity contribution in [3.63, 3.8) is 0 Å². The van der Waals surface area contributed by atoms with E-state index in [4.69, 9.17) is 32.9 Å². The summed E-state index contributed by atoms with van der Waals surface area (Å²) in [5.41, 5.74) is 1.92. The van der Waals surface area contributed by atoms with E-state index in [-0.39, 0.29) is 12.4 Å². The SMILES string of the molecule is Cl.ClCCN(CCCl)CCCCOc1cccc2cc3ccccc3nc12. The third kappa shape index (κ3) is 6.11. The molecular formula is C21H25Cl3N2O. The molecule has 0 fully saturated rings. The number of aromatic nitrogens is 1. The minimum Gasteiger partial charge on any atom is -0.491 e. The van der Waals surface area contributed by atoms with E-state index < -0.39 is 0 Å². The van der Waals surface area contributed by atoms with Gasteiger partial charge in [0.05, 0.1) is 12.1 Å². The van der Waals surface area contributed by atoms with E-state index in [0.717, 1.165) is 60.0 Å². The Morgan fingerprint density at radius 3 is 2.37 bits per heavy atom. The van der Waals surface area contributed by atoms with Gasteiger partial charge in [-0.15, -0.1) is 35.6 Å². The molecule has 3 nitrogen and oxygen atoms in total. The zero-order valence-corrected chi connectivity index (χ0v) is 17.6. The number of rotatable bonds is 10. The van der Waals surface area contributed by atoms with E-state index in [0.29, 0.717) is 18.4 Å². The summed E-state index contributed by atoms with van der Waals surface area (Å²) < 4.78 is 6.04. The maximum absolute atomic E-state index is 6.04. The molecule has 146 valence electrons. The van der Waals surface area contributed by atoms with Crippen LogP contribution >= 0.6 is 35.6 Å². The van der Waals surface area contributed by atoms with E-state index in [1.807, 2.05) is 30.3 Å². The summed E-state index contributed by atoms with van der Waals surface area (Å²) in [6, 6.07) is 16.4. The molecule has 0 aliphatic heterocycles. The lowest BCUT2D eigenvalue weighted by Gasteiger charge is -2.19. The average molecular weight is 428 g/mol. The van der Waals surface area contributed by atoms with Crippen LogP contribution in [-0.4, -0.2) is 47.9 Å². The van der Waals surface area contributed by atoms with Gasteiger partial charge in [-0.3, -0.25) is 0 Å². The first-order valence-corrected chi connectivity index (χ1v) is 10.1. The van der Waals surface area contributed by atoms with E-state index in [1.54, 1.807) is 0 Å². The van der Waals surface area contributed by atoms with Crippen LogP contribution in [-0.2, 0) is 0 Å². The first-order chi connectivity index (χ1) is 12.8. The molecule has 0 atom stereocenters. The minimum absolute atomic E-state index is 0. The summed E-state index contributed by atoms with van der Waals surface area (Å²) in [5, 5.41) is 2.26. The van der Waals surface area contributed by atoms with Gasteiger partial charge in [0.1, 0.15) is 11.3 Å². The molecule has 0 bridgehead atoms. The van der Waals surface area contributed by atoms with Crippen LogP contribution < -0.4 is 4.74 Å². The lowest BCUT2D eigenvalue weighted by atomic mass is 10.1. The molecule has 3 aromatic rings. The molecular weight excluding hydrogens is 403 g/mol. The van der Waals surface area contributed by atoms with E-state index in [9.17, 15) is 0 Å². The number of nitrogens with zero attached hydrogens (tertiary/aromatic N) is 2. The Kier molecular flexibility index (Phi) is 9.43. The van der Waals surface area contributed by atoms with Gasteiger partial charge in [0.25, 0.3) is 0 Å². The summed E-state index contributed by atoms with van der Waals surface area (Å²) in [4.78, 5) is 7.09. The van der Waals surface area contributed by atoms with Crippen molar-refractivity contribution in [3.05, 3.63) is 48.5 Å². The molecule has 0 spiro atoms. The van der Waals surface area contributed by atoms with Gasteiger partial charge in [-0.25, -0.2) is 4.98 Å². The van der Waals surface area contributed by atoms with Crippen molar-refractivity contribution in [3.8, 4) is 5.75 Å². The predicted molar refractivity (Wildman–Crippen MR) is 119 cm³/mol. The summed E-state index contributed by atoms with van der Waals surface area (Å²) >= 11 is 11.7. The van der Waals surface area contributed by atoms with Gasteiger partial charge in [-0.05, 0) is 37.6 Å². The first kappa shape index (κ1) is 22.0. The van der Waals surface area contributed by atoms with Crippen LogP contribution in [0, 0.1) is 0 Å². The summed E-state index contributed by atoms with van der Waals surface area (Å²) in [6.45, 7) is 3.45. The van der Waals surface area contributed by atoms with Crippen molar-refractivity contribution in [2.75, 3.05) is 38.0 Å². The smallest absolute Gasteiger partial charge is 0.145 e. The van der Waals surface area contributed by atoms with Crippen LogP contribution in [0.4, 0.5) is 0 Å². The molecule has 0 saturated heterocycles. The topological polar surface area (TPSA) is 25.4 Å². The fourth-order valence-corrected chi connectivity index (χ4v) is 3.56. The molecule has 1 aromatic heterocycles. The standard InChI is InChI=1S/C21H24Cl2N2O.ClH/c22-10-13-25(14-11-23)12-3-4-15-26-20-9-5-7-18-16-17-6-1-2-8-19(17)24-21(18)20;/h1-2,5-9,16H,3-4,10-15H2;1H. The van der Waals surface area contributed by atoms with E-state index in [2.05, 4.69) is 23.1 Å². The number of pyridine rings is 1. The second kappa shape index (κ2) is 11.6. The fraction of sp³-hybridized carbons (Fsp3) is 0.381. The molecule has 27 heavy (non-hydrogen) atoms. The van der Waals surface area contributed by atoms with E-state index in [1.165, 1.54) is 0 Å². The summed E-state index contributed by atoms with van der Waals surface area (Å²) in [5.74, 6) is 2.14. The molecule has 0 saturated carbocycles. The first-order valence-electron chi connectivity index (χ1n) is 9.07. The number of hydrogen-bond acceptors (Lipinski definition) is 3. The van der Waals surface area contributed by atoms with Crippen molar-refractivity contribution >= 4 is 57.4 Å². The summed E-state index contributed by atoms with van der Waals surface area (Å²) in [6.07, 6.45) is 2.06. The molecule has 0 N–H and O–H groups in total. The number of benzene rings is 2. The summed E-state index contributed by atoms with van der Waals surface area (Å²) in [7, 11) is 0. The highest BCUT2D eigenvalue weighted by Crippen LogP contribution is 2.27. The van der Waals surface area contributed by atoms with Crippen molar-refractivity contribution in [1.29, 1.82) is 0 Å². The highest BCUT2D eigenvalue weighted by Gasteiger charge is 2.07. The Balaban J connectivity index is 0.00000261. The van der Waals surface area contributed by atoms with Crippen LogP contribution in [0.15, 0.2) is 48.5 Å². The van der Waals surface area contributed by atoms with Gasteiger partial charge in [-0.1, -0.05) is 30.3 Å². The molecule has 0 radical (unpaired) electrons. The van der Waals surface area contributed by atoms with Crippen molar-refractivity contribution < 1.29 is 4.74 Å². The number of unbranched alkanes of at least 4 members (excludes halogenated alkanes) is 1. The molecule has 1 heterocycles. The Labute approximate surface area is 177 Å². The van der Waals surface area contributed by atoms with Crippen molar-refractivity contribution in [1.82, 2.24) is 9.88 Å². The quantitative estimate of drug-likeness (QED) is 0.234. The van der Waals surface area contributed by atoms with Gasteiger partial charge >= 0.3 is 0 Å². The van der Waals surface area contributed by atoms with E-state index >= 15 is 0 Å². The zero-order valence-electron chi connectivity index (χ0n) is 15.2. The second-order valence-electron chi connectivity index (χ2n) is 6.28. The normalized spacial score (nSPS) is 11.1. The fourth-order valence-electron chi connectivity index (χ4n) is 3.09. The number of para-hydroxylation sites is 2. The average Bonchev–Trinajstić information content (AvgIpc) is 2.66. The predicted octanol–water partition coefficient (Wildman–Crippen LogP) is 5.75.